The van der Waals surface area contributed by atoms with Gasteiger partial charge in [0.2, 0.25) is 0 Å². The van der Waals surface area contributed by atoms with Crippen LogP contribution in [0.4, 0.5) is 0 Å². The van der Waals surface area contributed by atoms with Gasteiger partial charge in [0.05, 0.1) is 0 Å². The molecule has 0 saturated carbocycles. The van der Waals surface area contributed by atoms with E-state index in [1.165, 1.54) is 11.3 Å². The summed E-state index contributed by atoms with van der Waals surface area (Å²) in [5.41, 5.74) is 1.34. The molecule has 0 amide bonds. The molecule has 3 heteroatoms. The molecule has 0 spiro atoms. The van der Waals surface area contributed by atoms with Crippen molar-refractivity contribution in [3.05, 3.63) is 34.9 Å². The number of thioether (sulfide) groups is 1. The molecule has 0 aliphatic carbocycles. The number of rotatable bonds is 5. The summed E-state index contributed by atoms with van der Waals surface area (Å²) in [6, 6.07) is 8.06. The Hall–Kier alpha value is 0.210. The van der Waals surface area contributed by atoms with Crippen LogP contribution in [0.15, 0.2) is 24.3 Å². The monoisotopic (exact) mass is 246 g/mol. The second kappa shape index (κ2) is 6.65. The average molecular weight is 247 g/mol. The van der Waals surface area contributed by atoms with Gasteiger partial charge in [0.15, 0.2) is 0 Å². The lowest BCUT2D eigenvalue weighted by Gasteiger charge is -2.07. The van der Waals surface area contributed by atoms with Gasteiger partial charge in [0.1, 0.15) is 0 Å². The Kier molecular flexibility index (Phi) is 5.83. The third-order valence-corrected chi connectivity index (χ3v) is 4.11. The predicted molar refractivity (Wildman–Crippen MR) is 70.6 cm³/mol. The van der Waals surface area contributed by atoms with Crippen molar-refractivity contribution >= 4 is 36.0 Å². The van der Waals surface area contributed by atoms with Crippen LogP contribution in [-0.4, -0.2) is 11.5 Å². The van der Waals surface area contributed by atoms with Gasteiger partial charge in [-0.15, -0.1) is 0 Å². The van der Waals surface area contributed by atoms with Crippen LogP contribution in [0.1, 0.15) is 12.5 Å². The van der Waals surface area contributed by atoms with E-state index in [1.54, 1.807) is 0 Å². The van der Waals surface area contributed by atoms with Gasteiger partial charge >= 0.3 is 0 Å². The Morgan fingerprint density at radius 2 is 2.00 bits per heavy atom. The fraction of sp³-hybridized carbons (Fsp3) is 0.455. The lowest BCUT2D eigenvalue weighted by Crippen LogP contribution is -1.99. The molecule has 0 aliphatic heterocycles. The van der Waals surface area contributed by atoms with Crippen molar-refractivity contribution in [2.24, 2.45) is 5.92 Å². The number of hydrogen-bond acceptors (Lipinski definition) is 2. The minimum Gasteiger partial charge on any atom is -0.179 e. The van der Waals surface area contributed by atoms with Gasteiger partial charge in [-0.2, -0.15) is 24.4 Å². The van der Waals surface area contributed by atoms with Crippen LogP contribution in [-0.2, 0) is 5.75 Å². The van der Waals surface area contributed by atoms with Crippen LogP contribution in [0.5, 0.6) is 0 Å². The van der Waals surface area contributed by atoms with Crippen molar-refractivity contribution in [1.29, 1.82) is 0 Å². The van der Waals surface area contributed by atoms with Crippen LogP contribution >= 0.6 is 36.0 Å². The van der Waals surface area contributed by atoms with E-state index in [0.717, 1.165) is 16.5 Å². The molecule has 1 unspecified atom stereocenters. The Balaban J connectivity index is 2.28. The maximum atomic E-state index is 5.80. The van der Waals surface area contributed by atoms with Gasteiger partial charge in [-0.05, 0) is 35.1 Å². The third kappa shape index (κ3) is 4.63. The largest absolute Gasteiger partial charge is 0.179 e. The first-order valence-corrected chi connectivity index (χ1v) is 6.82. The second-order valence-electron chi connectivity index (χ2n) is 3.43. The Morgan fingerprint density at radius 1 is 1.36 bits per heavy atom. The van der Waals surface area contributed by atoms with E-state index in [-0.39, 0.29) is 0 Å². The van der Waals surface area contributed by atoms with Gasteiger partial charge in [-0.3, -0.25) is 0 Å². The summed E-state index contributed by atoms with van der Waals surface area (Å²) in [6.07, 6.45) is 0. The number of thiol groups is 1. The molecule has 0 nitrogen and oxygen atoms in total. The molecule has 0 heterocycles. The molecule has 0 saturated heterocycles. The molecule has 0 N–H and O–H groups in total. The summed E-state index contributed by atoms with van der Waals surface area (Å²) >= 11 is 12.0. The van der Waals surface area contributed by atoms with Crippen molar-refractivity contribution in [3.63, 3.8) is 0 Å². The molecule has 14 heavy (non-hydrogen) atoms. The lowest BCUT2D eigenvalue weighted by molar-refractivity contribution is 0.766. The molecule has 0 aliphatic rings. The average Bonchev–Trinajstić information content (AvgIpc) is 2.21. The number of halogens is 1. The van der Waals surface area contributed by atoms with E-state index < -0.39 is 0 Å². The maximum Gasteiger partial charge on any atom is 0.0406 e. The van der Waals surface area contributed by atoms with Crippen molar-refractivity contribution in [3.8, 4) is 0 Å². The Morgan fingerprint density at radius 3 is 2.57 bits per heavy atom. The van der Waals surface area contributed by atoms with Crippen molar-refractivity contribution in [1.82, 2.24) is 0 Å². The summed E-state index contributed by atoms with van der Waals surface area (Å²) in [4.78, 5) is 0. The zero-order chi connectivity index (χ0) is 10.4. The SMILES string of the molecule is CC(CS)CSCc1ccc(Cl)cc1. The zero-order valence-electron chi connectivity index (χ0n) is 8.24. The number of hydrogen-bond donors (Lipinski definition) is 1. The first-order valence-electron chi connectivity index (χ1n) is 4.65. The fourth-order valence-electron chi connectivity index (χ4n) is 1.01. The third-order valence-electron chi connectivity index (χ3n) is 1.90. The lowest BCUT2D eigenvalue weighted by atomic mass is 10.2. The molecule has 0 aromatic heterocycles. The van der Waals surface area contributed by atoms with Crippen molar-refractivity contribution in [2.45, 2.75) is 12.7 Å². The van der Waals surface area contributed by atoms with E-state index in [0.29, 0.717) is 5.92 Å². The summed E-state index contributed by atoms with van der Waals surface area (Å²) in [5, 5.41) is 0.808. The topological polar surface area (TPSA) is 0 Å². The van der Waals surface area contributed by atoms with Crippen LogP contribution in [0.2, 0.25) is 5.02 Å². The van der Waals surface area contributed by atoms with Gasteiger partial charge < -0.3 is 0 Å². The highest BCUT2D eigenvalue weighted by Crippen LogP contribution is 2.17. The predicted octanol–water partition coefficient (Wildman–Crippen LogP) is 4.14. The smallest absolute Gasteiger partial charge is 0.0406 e. The molecular weight excluding hydrogens is 232 g/mol. The number of benzene rings is 1. The molecule has 1 rings (SSSR count). The standard InChI is InChI=1S/C11H15ClS2/c1-9(6-13)7-14-8-10-2-4-11(12)5-3-10/h2-5,9,13H,6-8H2,1H3. The fourth-order valence-corrected chi connectivity index (χ4v) is 2.51. The Bertz CT molecular complexity index is 258. The molecule has 1 atom stereocenters. The van der Waals surface area contributed by atoms with E-state index >= 15 is 0 Å². The summed E-state index contributed by atoms with van der Waals surface area (Å²) < 4.78 is 0. The van der Waals surface area contributed by atoms with Gasteiger partial charge in [0, 0.05) is 10.8 Å². The highest BCUT2D eigenvalue weighted by molar-refractivity contribution is 7.98. The van der Waals surface area contributed by atoms with Crippen molar-refractivity contribution < 1.29 is 0 Å². The highest BCUT2D eigenvalue weighted by Gasteiger charge is 1.99. The molecule has 1 aromatic carbocycles. The van der Waals surface area contributed by atoms with Crippen molar-refractivity contribution in [2.75, 3.05) is 11.5 Å². The zero-order valence-corrected chi connectivity index (χ0v) is 10.7. The molecule has 1 aromatic rings. The summed E-state index contributed by atoms with van der Waals surface area (Å²) in [5.74, 6) is 3.89. The van der Waals surface area contributed by atoms with Crippen LogP contribution in [0.25, 0.3) is 0 Å². The maximum absolute atomic E-state index is 5.80. The molecule has 0 fully saturated rings. The van der Waals surface area contributed by atoms with Crippen LogP contribution in [0, 0.1) is 5.92 Å². The quantitative estimate of drug-likeness (QED) is 0.762. The minimum atomic E-state index is 0.690. The molecule has 0 radical (unpaired) electrons. The Labute approximate surface area is 101 Å². The van der Waals surface area contributed by atoms with Gasteiger partial charge in [-0.1, -0.05) is 30.7 Å². The summed E-state index contributed by atoms with van der Waals surface area (Å²) in [7, 11) is 0. The first-order chi connectivity index (χ1) is 6.72. The highest BCUT2D eigenvalue weighted by atomic mass is 35.5. The van der Waals surface area contributed by atoms with Crippen LogP contribution in [0.3, 0.4) is 0 Å². The summed E-state index contributed by atoms with van der Waals surface area (Å²) in [6.45, 7) is 2.22. The van der Waals surface area contributed by atoms with Crippen LogP contribution < -0.4 is 0 Å². The van der Waals surface area contributed by atoms with E-state index in [4.69, 9.17) is 11.6 Å². The minimum absolute atomic E-state index is 0.690. The van der Waals surface area contributed by atoms with Gasteiger partial charge in [0.25, 0.3) is 0 Å². The molecular formula is C11H15ClS2. The van der Waals surface area contributed by atoms with E-state index in [9.17, 15) is 0 Å². The van der Waals surface area contributed by atoms with Gasteiger partial charge in [-0.25, -0.2) is 0 Å². The van der Waals surface area contributed by atoms with E-state index in [1.807, 2.05) is 23.9 Å². The normalized spacial score (nSPS) is 12.8. The van der Waals surface area contributed by atoms with E-state index in [2.05, 4.69) is 31.7 Å². The second-order valence-corrected chi connectivity index (χ2v) is 5.26. The molecule has 78 valence electrons. The molecule has 0 bridgehead atoms. The first kappa shape index (κ1) is 12.3.